The molecular formula is C13H8ClF5N2O4-2. The number of rotatable bonds is 4. The normalized spacial score (nSPS) is 15.5. The van der Waals surface area contributed by atoms with Crippen LogP contribution in [0, 0.1) is 0 Å². The lowest BCUT2D eigenvalue weighted by molar-refractivity contribution is -0.255. The zero-order valence-corrected chi connectivity index (χ0v) is 12.9. The number of halogens is 6. The zero-order valence-electron chi connectivity index (χ0n) is 12.1. The van der Waals surface area contributed by atoms with E-state index in [2.05, 4.69) is 4.98 Å². The highest BCUT2D eigenvalue weighted by Gasteiger charge is 2.44. The average molecular weight is 387 g/mol. The minimum atomic E-state index is -5.47. The van der Waals surface area contributed by atoms with Crippen LogP contribution in [0.15, 0.2) is 0 Å². The summed E-state index contributed by atoms with van der Waals surface area (Å²) in [6, 6.07) is 0. The number of nitrogens with zero attached hydrogens (tertiary/aromatic N) is 2. The maximum Gasteiger partial charge on any atom is 0.434 e. The summed E-state index contributed by atoms with van der Waals surface area (Å²) in [7, 11) is 0. The van der Waals surface area contributed by atoms with Gasteiger partial charge in [0.25, 0.3) is 0 Å². The average Bonchev–Trinajstić information content (AvgIpc) is 2.96. The number of aromatic carboxylic acids is 2. The van der Waals surface area contributed by atoms with E-state index in [9.17, 15) is 41.8 Å². The Kier molecular flexibility index (Phi) is 4.81. The largest absolute Gasteiger partial charge is 0.545 e. The van der Waals surface area contributed by atoms with Crippen molar-refractivity contribution in [1.82, 2.24) is 4.98 Å². The molecule has 1 saturated heterocycles. The number of pyridine rings is 1. The fraction of sp³-hybridized carbons (Fsp3) is 0.462. The molecule has 6 nitrogen and oxygen atoms in total. The Balaban J connectivity index is 3.01. The van der Waals surface area contributed by atoms with E-state index in [1.54, 1.807) is 0 Å². The second-order valence-corrected chi connectivity index (χ2v) is 5.65. The molecule has 0 spiro atoms. The molecule has 25 heavy (non-hydrogen) atoms. The highest BCUT2D eigenvalue weighted by molar-refractivity contribution is 6.22. The molecule has 0 bridgehead atoms. The van der Waals surface area contributed by atoms with Crippen molar-refractivity contribution in [3.63, 3.8) is 0 Å². The molecule has 0 atom stereocenters. The third kappa shape index (κ3) is 3.60. The van der Waals surface area contributed by atoms with Crippen LogP contribution in [-0.4, -0.2) is 30.0 Å². The molecule has 1 aromatic rings. The molecule has 2 heterocycles. The van der Waals surface area contributed by atoms with E-state index < -0.39 is 51.7 Å². The van der Waals surface area contributed by atoms with Gasteiger partial charge in [-0.3, -0.25) is 0 Å². The predicted octanol–water partition coefficient (Wildman–Crippen LogP) is 0.716. The van der Waals surface area contributed by atoms with E-state index in [1.807, 2.05) is 0 Å². The van der Waals surface area contributed by atoms with E-state index in [0.29, 0.717) is 12.8 Å². The summed E-state index contributed by atoms with van der Waals surface area (Å²) in [5, 5.41) is 18.0. The van der Waals surface area contributed by atoms with Gasteiger partial charge in [0, 0.05) is 13.1 Å². The summed E-state index contributed by atoms with van der Waals surface area (Å²) in [5.74, 6) is -4.74. The fourth-order valence-corrected chi connectivity index (χ4v) is 2.76. The highest BCUT2D eigenvalue weighted by atomic mass is 35.5. The monoisotopic (exact) mass is 386 g/mol. The van der Waals surface area contributed by atoms with E-state index in [0.717, 1.165) is 4.90 Å². The molecule has 0 amide bonds. The Morgan fingerprint density at radius 2 is 1.40 bits per heavy atom. The van der Waals surface area contributed by atoms with E-state index in [1.165, 1.54) is 0 Å². The van der Waals surface area contributed by atoms with Crippen molar-refractivity contribution < 1.29 is 41.8 Å². The first-order valence-electron chi connectivity index (χ1n) is 6.75. The molecule has 0 radical (unpaired) electrons. The smallest absolute Gasteiger partial charge is 0.434 e. The van der Waals surface area contributed by atoms with Gasteiger partial charge in [0.05, 0.1) is 28.8 Å². The molecule has 1 aliphatic rings. The number of carboxylic acids is 2. The molecule has 0 unspecified atom stereocenters. The number of carbonyl (C=O) groups excluding carboxylic acids is 2. The summed E-state index contributed by atoms with van der Waals surface area (Å²) in [4.78, 5) is 26.0. The number of anilines is 1. The Hall–Kier alpha value is -2.17. The van der Waals surface area contributed by atoms with E-state index in [-0.39, 0.29) is 13.1 Å². The Bertz CT molecular complexity index is 676. The maximum atomic E-state index is 13.5. The first-order chi connectivity index (χ1) is 11.4. The molecular weight excluding hydrogens is 379 g/mol. The second-order valence-electron chi connectivity index (χ2n) is 5.17. The first kappa shape index (κ1) is 19.2. The van der Waals surface area contributed by atoms with Gasteiger partial charge < -0.3 is 24.7 Å². The number of hydrogen-bond acceptors (Lipinski definition) is 6. The Morgan fingerprint density at radius 1 is 0.960 bits per heavy atom. The van der Waals surface area contributed by atoms with Crippen molar-refractivity contribution in [2.24, 2.45) is 0 Å². The number of aromatic nitrogens is 1. The van der Waals surface area contributed by atoms with Gasteiger partial charge in [0.2, 0.25) is 0 Å². The van der Waals surface area contributed by atoms with Crippen LogP contribution < -0.4 is 15.1 Å². The van der Waals surface area contributed by atoms with Gasteiger partial charge in [-0.25, -0.2) is 4.98 Å². The van der Waals surface area contributed by atoms with Gasteiger partial charge in [0.15, 0.2) is 5.69 Å². The molecule has 0 aromatic carbocycles. The van der Waals surface area contributed by atoms with Gasteiger partial charge in [0.1, 0.15) is 5.69 Å². The lowest BCUT2D eigenvalue weighted by atomic mass is 10.0. The first-order valence-corrected chi connectivity index (χ1v) is 7.13. The van der Waals surface area contributed by atoms with Crippen LogP contribution in [0.25, 0.3) is 0 Å². The summed E-state index contributed by atoms with van der Waals surface area (Å²) >= 11 is 4.70. The highest BCUT2D eigenvalue weighted by Crippen LogP contribution is 2.43. The number of carboxylic acid groups (broad SMARTS) is 2. The lowest BCUT2D eigenvalue weighted by Gasteiger charge is -2.30. The van der Waals surface area contributed by atoms with Gasteiger partial charge in [-0.05, 0) is 24.4 Å². The Morgan fingerprint density at radius 3 is 1.76 bits per heavy atom. The quantitative estimate of drug-likeness (QED) is 0.559. The van der Waals surface area contributed by atoms with Crippen molar-refractivity contribution in [3.8, 4) is 0 Å². The number of carbonyl (C=O) groups is 2. The molecule has 0 N–H and O–H groups in total. The molecule has 1 fully saturated rings. The summed E-state index contributed by atoms with van der Waals surface area (Å²) < 4.78 is 66.5. The maximum absolute atomic E-state index is 13.5. The third-order valence-corrected chi connectivity index (χ3v) is 3.72. The molecule has 2 rings (SSSR count). The van der Waals surface area contributed by atoms with Gasteiger partial charge in [-0.1, -0.05) is 0 Å². The van der Waals surface area contributed by atoms with Crippen LogP contribution in [0.5, 0.6) is 0 Å². The van der Waals surface area contributed by atoms with Crippen molar-refractivity contribution >= 4 is 29.2 Å². The summed E-state index contributed by atoms with van der Waals surface area (Å²) in [6.45, 7) is -0.0929. The van der Waals surface area contributed by atoms with Crippen LogP contribution in [0.2, 0.25) is 0 Å². The minimum absolute atomic E-state index is 0.0465. The Labute approximate surface area is 141 Å². The predicted molar refractivity (Wildman–Crippen MR) is 69.1 cm³/mol. The zero-order chi connectivity index (χ0) is 19.2. The molecule has 0 aliphatic carbocycles. The minimum Gasteiger partial charge on any atom is -0.545 e. The summed E-state index contributed by atoms with van der Waals surface area (Å²) in [5.41, 5.74) is -8.38. The molecule has 12 heteroatoms. The van der Waals surface area contributed by atoms with Crippen molar-refractivity contribution in [2.75, 3.05) is 18.0 Å². The standard InChI is InChI=1S/C13H10ClF5N2O4/c14-12(15,16)8-5(10(22)23)7(21-3-1-2-4-21)6(11(24)25)9(20-8)13(17,18)19/h1-4H2,(H,22,23)(H,24,25)/p-2. The van der Waals surface area contributed by atoms with Gasteiger partial charge in [-0.2, -0.15) is 22.0 Å². The second kappa shape index (κ2) is 6.28. The van der Waals surface area contributed by atoms with Gasteiger partial charge in [-0.15, -0.1) is 0 Å². The van der Waals surface area contributed by atoms with E-state index >= 15 is 0 Å². The van der Waals surface area contributed by atoms with Crippen LogP contribution in [-0.2, 0) is 11.6 Å². The number of alkyl halides is 6. The topological polar surface area (TPSA) is 96.4 Å². The summed E-state index contributed by atoms with van der Waals surface area (Å²) in [6.07, 6.45) is -4.70. The molecule has 0 saturated carbocycles. The lowest BCUT2D eigenvalue weighted by Crippen LogP contribution is -2.37. The SMILES string of the molecule is O=C([O-])c1c(C(F)(F)F)nc(C(F)(F)Cl)c(C(=O)[O-])c1N1CCCC1. The molecule has 1 aromatic heterocycles. The van der Waals surface area contributed by atoms with Crippen LogP contribution in [0.1, 0.15) is 44.9 Å². The molecule has 1 aliphatic heterocycles. The molecule has 138 valence electrons. The van der Waals surface area contributed by atoms with Gasteiger partial charge >= 0.3 is 11.6 Å². The fourth-order valence-electron chi connectivity index (χ4n) is 2.63. The van der Waals surface area contributed by atoms with E-state index in [4.69, 9.17) is 11.6 Å². The third-order valence-electron chi connectivity index (χ3n) is 3.54. The van der Waals surface area contributed by atoms with Crippen molar-refractivity contribution in [3.05, 3.63) is 22.5 Å². The van der Waals surface area contributed by atoms with Crippen molar-refractivity contribution in [2.45, 2.75) is 24.4 Å². The van der Waals surface area contributed by atoms with Crippen LogP contribution >= 0.6 is 11.6 Å². The van der Waals surface area contributed by atoms with Crippen LogP contribution in [0.3, 0.4) is 0 Å². The van der Waals surface area contributed by atoms with Crippen LogP contribution in [0.4, 0.5) is 27.6 Å². The van der Waals surface area contributed by atoms with Crippen molar-refractivity contribution in [1.29, 1.82) is 0 Å². The number of hydrogen-bond donors (Lipinski definition) is 0.